The average molecular weight is 247 g/mol. The molecule has 0 aliphatic rings. The maximum Gasteiger partial charge on any atom is 0.133 e. The topological polar surface area (TPSA) is 29.1 Å². The van der Waals surface area contributed by atoms with Crippen molar-refractivity contribution in [2.24, 2.45) is 0 Å². The van der Waals surface area contributed by atoms with Gasteiger partial charge in [0, 0.05) is 12.0 Å². The quantitative estimate of drug-likeness (QED) is 0.640. The molecule has 1 N–H and O–H groups in total. The molecule has 2 heteroatoms. The Kier molecular flexibility index (Phi) is 4.69. The van der Waals surface area contributed by atoms with Crippen molar-refractivity contribution in [3.8, 4) is 0 Å². The highest BCUT2D eigenvalue weighted by atomic mass is 16.1. The summed E-state index contributed by atoms with van der Waals surface area (Å²) in [5, 5.41) is 3.15. The minimum absolute atomic E-state index is 0.0411. The predicted octanol–water partition coefficient (Wildman–Crippen LogP) is 3.05. The minimum atomic E-state index is 0.0411. The molecule has 100 valence electrons. The standard InChI is InChI=1S/C16H25NO/c1-15(2,3)13-6-8-14(9-7-13)16(4,5)12-17-10-11-18/h6-9,11,17H,10,12H2,1-5H3. The van der Waals surface area contributed by atoms with Crippen LogP contribution in [-0.2, 0) is 15.6 Å². The van der Waals surface area contributed by atoms with Gasteiger partial charge in [-0.15, -0.1) is 0 Å². The lowest BCUT2D eigenvalue weighted by atomic mass is 9.81. The zero-order valence-electron chi connectivity index (χ0n) is 12.2. The molecule has 0 amide bonds. The Morgan fingerprint density at radius 1 is 1.00 bits per heavy atom. The SMILES string of the molecule is CC(C)(C)c1ccc(C(C)(C)CNCC=O)cc1. The summed E-state index contributed by atoms with van der Waals surface area (Å²) in [4.78, 5) is 10.3. The highest BCUT2D eigenvalue weighted by molar-refractivity contribution is 5.51. The first-order chi connectivity index (χ1) is 8.27. The summed E-state index contributed by atoms with van der Waals surface area (Å²) in [6.07, 6.45) is 0.902. The fourth-order valence-electron chi connectivity index (χ4n) is 1.97. The highest BCUT2D eigenvalue weighted by Gasteiger charge is 2.21. The first kappa shape index (κ1) is 14.9. The first-order valence-corrected chi connectivity index (χ1v) is 6.53. The molecular formula is C16H25NO. The van der Waals surface area contributed by atoms with Gasteiger partial charge in [0.1, 0.15) is 6.29 Å². The van der Waals surface area contributed by atoms with Crippen LogP contribution < -0.4 is 5.32 Å². The zero-order chi connectivity index (χ0) is 13.8. The largest absolute Gasteiger partial charge is 0.309 e. The van der Waals surface area contributed by atoms with Crippen LogP contribution in [0.5, 0.6) is 0 Å². The molecule has 1 rings (SSSR count). The van der Waals surface area contributed by atoms with E-state index in [-0.39, 0.29) is 10.8 Å². The van der Waals surface area contributed by atoms with Gasteiger partial charge in [-0.1, -0.05) is 58.9 Å². The molecule has 0 saturated carbocycles. The van der Waals surface area contributed by atoms with E-state index in [1.54, 1.807) is 0 Å². The second-order valence-corrected chi connectivity index (χ2v) is 6.51. The van der Waals surface area contributed by atoms with Gasteiger partial charge in [-0.2, -0.15) is 0 Å². The smallest absolute Gasteiger partial charge is 0.133 e. The van der Waals surface area contributed by atoms with Crippen molar-refractivity contribution in [1.29, 1.82) is 0 Å². The summed E-state index contributed by atoms with van der Waals surface area (Å²) < 4.78 is 0. The molecule has 0 saturated heterocycles. The summed E-state index contributed by atoms with van der Waals surface area (Å²) in [5.74, 6) is 0. The van der Waals surface area contributed by atoms with Crippen LogP contribution in [0.2, 0.25) is 0 Å². The van der Waals surface area contributed by atoms with E-state index < -0.39 is 0 Å². The van der Waals surface area contributed by atoms with Gasteiger partial charge in [0.25, 0.3) is 0 Å². The number of aldehydes is 1. The summed E-state index contributed by atoms with van der Waals surface area (Å²) >= 11 is 0. The number of hydrogen-bond acceptors (Lipinski definition) is 2. The summed E-state index contributed by atoms with van der Waals surface area (Å²) in [5.41, 5.74) is 2.88. The van der Waals surface area contributed by atoms with E-state index in [0.29, 0.717) is 6.54 Å². The number of hydrogen-bond donors (Lipinski definition) is 1. The predicted molar refractivity (Wildman–Crippen MR) is 77.1 cm³/mol. The third-order valence-electron chi connectivity index (χ3n) is 3.33. The van der Waals surface area contributed by atoms with Crippen LogP contribution in [0.25, 0.3) is 0 Å². The van der Waals surface area contributed by atoms with Crippen molar-refractivity contribution in [3.63, 3.8) is 0 Å². The normalized spacial score (nSPS) is 12.5. The third-order valence-corrected chi connectivity index (χ3v) is 3.33. The van der Waals surface area contributed by atoms with Gasteiger partial charge in [-0.05, 0) is 16.5 Å². The molecule has 1 aromatic carbocycles. The molecule has 0 spiro atoms. The summed E-state index contributed by atoms with van der Waals surface area (Å²) in [6, 6.07) is 8.81. The Hall–Kier alpha value is -1.15. The van der Waals surface area contributed by atoms with E-state index in [4.69, 9.17) is 0 Å². The van der Waals surface area contributed by atoms with Crippen LogP contribution in [0.3, 0.4) is 0 Å². The lowest BCUT2D eigenvalue weighted by Gasteiger charge is -2.27. The molecule has 0 aromatic heterocycles. The van der Waals surface area contributed by atoms with Gasteiger partial charge in [0.2, 0.25) is 0 Å². The fraction of sp³-hybridized carbons (Fsp3) is 0.562. The molecule has 18 heavy (non-hydrogen) atoms. The van der Waals surface area contributed by atoms with Crippen LogP contribution in [-0.4, -0.2) is 19.4 Å². The second-order valence-electron chi connectivity index (χ2n) is 6.51. The first-order valence-electron chi connectivity index (χ1n) is 6.53. The molecule has 0 aliphatic carbocycles. The molecule has 0 heterocycles. The lowest BCUT2D eigenvalue weighted by molar-refractivity contribution is -0.107. The lowest BCUT2D eigenvalue weighted by Crippen LogP contribution is -2.33. The zero-order valence-corrected chi connectivity index (χ0v) is 12.2. The highest BCUT2D eigenvalue weighted by Crippen LogP contribution is 2.27. The molecular weight excluding hydrogens is 222 g/mol. The van der Waals surface area contributed by atoms with Crippen LogP contribution in [0.1, 0.15) is 45.7 Å². The van der Waals surface area contributed by atoms with Gasteiger partial charge in [-0.25, -0.2) is 0 Å². The van der Waals surface area contributed by atoms with E-state index in [0.717, 1.165) is 12.8 Å². The molecule has 0 aliphatic heterocycles. The Morgan fingerprint density at radius 2 is 1.50 bits per heavy atom. The molecule has 0 fully saturated rings. The van der Waals surface area contributed by atoms with Crippen LogP contribution >= 0.6 is 0 Å². The van der Waals surface area contributed by atoms with E-state index >= 15 is 0 Å². The Labute approximate surface area is 111 Å². The number of nitrogens with one attached hydrogen (secondary N) is 1. The van der Waals surface area contributed by atoms with Gasteiger partial charge in [-0.3, -0.25) is 0 Å². The van der Waals surface area contributed by atoms with Crippen molar-refractivity contribution in [3.05, 3.63) is 35.4 Å². The Morgan fingerprint density at radius 3 is 1.94 bits per heavy atom. The van der Waals surface area contributed by atoms with Crippen LogP contribution in [0.4, 0.5) is 0 Å². The number of rotatable bonds is 5. The fourth-order valence-corrected chi connectivity index (χ4v) is 1.97. The molecule has 0 bridgehead atoms. The van der Waals surface area contributed by atoms with Gasteiger partial charge in [0.15, 0.2) is 0 Å². The van der Waals surface area contributed by atoms with Crippen molar-refractivity contribution >= 4 is 6.29 Å². The maximum absolute atomic E-state index is 10.3. The average Bonchev–Trinajstić information content (AvgIpc) is 2.28. The van der Waals surface area contributed by atoms with E-state index in [1.165, 1.54) is 11.1 Å². The van der Waals surface area contributed by atoms with Crippen molar-refractivity contribution in [1.82, 2.24) is 5.32 Å². The Bertz CT molecular complexity index is 385. The number of carbonyl (C=O) groups excluding carboxylic acids is 1. The van der Waals surface area contributed by atoms with Gasteiger partial charge >= 0.3 is 0 Å². The molecule has 2 nitrogen and oxygen atoms in total. The molecule has 0 unspecified atom stereocenters. The Balaban J connectivity index is 2.80. The van der Waals surface area contributed by atoms with Crippen LogP contribution in [0.15, 0.2) is 24.3 Å². The van der Waals surface area contributed by atoms with Crippen molar-refractivity contribution in [2.45, 2.75) is 45.4 Å². The monoisotopic (exact) mass is 247 g/mol. The molecule has 0 atom stereocenters. The number of carbonyl (C=O) groups is 1. The third kappa shape index (κ3) is 3.95. The maximum atomic E-state index is 10.3. The summed E-state index contributed by atoms with van der Waals surface area (Å²) in [6.45, 7) is 12.3. The van der Waals surface area contributed by atoms with Crippen LogP contribution in [0, 0.1) is 0 Å². The second kappa shape index (κ2) is 5.66. The molecule has 0 radical (unpaired) electrons. The van der Waals surface area contributed by atoms with E-state index in [1.807, 2.05) is 0 Å². The van der Waals surface area contributed by atoms with E-state index in [2.05, 4.69) is 64.2 Å². The van der Waals surface area contributed by atoms with E-state index in [9.17, 15) is 4.79 Å². The molecule has 1 aromatic rings. The minimum Gasteiger partial charge on any atom is -0.309 e. The number of benzene rings is 1. The van der Waals surface area contributed by atoms with Gasteiger partial charge in [0.05, 0.1) is 6.54 Å². The van der Waals surface area contributed by atoms with Crippen molar-refractivity contribution < 1.29 is 4.79 Å². The van der Waals surface area contributed by atoms with Crippen molar-refractivity contribution in [2.75, 3.05) is 13.1 Å². The van der Waals surface area contributed by atoms with Gasteiger partial charge < -0.3 is 10.1 Å². The summed E-state index contributed by atoms with van der Waals surface area (Å²) in [7, 11) is 0.